The number of carbonyl (C=O) groups is 1. The average Bonchev–Trinajstić information content (AvgIpc) is 2.28. The van der Waals surface area contributed by atoms with Gasteiger partial charge in [-0.1, -0.05) is 27.7 Å². The first-order valence-electron chi connectivity index (χ1n) is 6.34. The Morgan fingerprint density at radius 1 is 1.33 bits per heavy atom. The van der Waals surface area contributed by atoms with Crippen LogP contribution in [0.5, 0.6) is 0 Å². The number of hydrogen-bond donors (Lipinski definition) is 0. The second-order valence-corrected chi connectivity index (χ2v) is 5.29. The van der Waals surface area contributed by atoms with Crippen LogP contribution < -0.4 is 0 Å². The van der Waals surface area contributed by atoms with Crippen molar-refractivity contribution in [2.45, 2.75) is 65.8 Å². The molecule has 0 saturated carbocycles. The minimum atomic E-state index is -0.176. The van der Waals surface area contributed by atoms with Gasteiger partial charge in [0.1, 0.15) is 0 Å². The van der Waals surface area contributed by atoms with Crippen LogP contribution in [0.3, 0.4) is 0 Å². The fourth-order valence-corrected chi connectivity index (χ4v) is 2.23. The van der Waals surface area contributed by atoms with Crippen LogP contribution in [-0.2, 0) is 4.79 Å². The van der Waals surface area contributed by atoms with Gasteiger partial charge >= 0.3 is 0 Å². The maximum absolute atomic E-state index is 12.3. The first-order valence-corrected chi connectivity index (χ1v) is 6.34. The van der Waals surface area contributed by atoms with E-state index in [0.717, 1.165) is 19.4 Å². The van der Waals surface area contributed by atoms with Gasteiger partial charge in [-0.25, -0.2) is 0 Å². The highest BCUT2D eigenvalue weighted by Crippen LogP contribution is 2.28. The van der Waals surface area contributed by atoms with Crippen LogP contribution in [0.2, 0.25) is 0 Å². The molecule has 2 heteroatoms. The molecule has 2 nitrogen and oxygen atoms in total. The zero-order valence-electron chi connectivity index (χ0n) is 10.7. The molecule has 1 aliphatic heterocycles. The van der Waals surface area contributed by atoms with Crippen molar-refractivity contribution in [3.63, 3.8) is 0 Å². The number of carbonyl (C=O) groups excluding carboxylic acids is 1. The molecule has 1 rings (SSSR count). The van der Waals surface area contributed by atoms with E-state index in [2.05, 4.69) is 32.6 Å². The van der Waals surface area contributed by atoms with Gasteiger partial charge in [0, 0.05) is 18.0 Å². The third-order valence-corrected chi connectivity index (χ3v) is 3.82. The zero-order valence-corrected chi connectivity index (χ0v) is 10.7. The Balaban J connectivity index is 2.72. The van der Waals surface area contributed by atoms with Crippen molar-refractivity contribution >= 4 is 5.91 Å². The summed E-state index contributed by atoms with van der Waals surface area (Å²) in [6.45, 7) is 9.39. The van der Waals surface area contributed by atoms with E-state index in [1.807, 2.05) is 0 Å². The molecular formula is C13H25NO. The molecule has 0 radical (unpaired) electrons. The first kappa shape index (κ1) is 12.5. The third-order valence-electron chi connectivity index (χ3n) is 3.82. The molecule has 1 fully saturated rings. The van der Waals surface area contributed by atoms with Crippen molar-refractivity contribution < 1.29 is 4.79 Å². The molecule has 1 saturated heterocycles. The zero-order chi connectivity index (χ0) is 11.5. The summed E-state index contributed by atoms with van der Waals surface area (Å²) in [5.41, 5.74) is -0.176. The van der Waals surface area contributed by atoms with Crippen LogP contribution in [-0.4, -0.2) is 23.4 Å². The normalized spacial score (nSPS) is 22.9. The highest BCUT2D eigenvalue weighted by atomic mass is 16.2. The number of hydrogen-bond acceptors (Lipinski definition) is 1. The van der Waals surface area contributed by atoms with Gasteiger partial charge in [-0.05, 0) is 32.1 Å². The number of rotatable bonds is 3. The van der Waals surface area contributed by atoms with Crippen LogP contribution in [0.15, 0.2) is 0 Å². The van der Waals surface area contributed by atoms with Crippen molar-refractivity contribution in [1.82, 2.24) is 4.90 Å². The summed E-state index contributed by atoms with van der Waals surface area (Å²) in [5.74, 6) is 0.358. The first-order chi connectivity index (χ1) is 7.03. The highest BCUT2D eigenvalue weighted by Gasteiger charge is 2.34. The Hall–Kier alpha value is -0.530. The van der Waals surface area contributed by atoms with Gasteiger partial charge < -0.3 is 4.90 Å². The largest absolute Gasteiger partial charge is 0.339 e. The van der Waals surface area contributed by atoms with E-state index in [4.69, 9.17) is 0 Å². The summed E-state index contributed by atoms with van der Waals surface area (Å²) in [7, 11) is 0. The van der Waals surface area contributed by atoms with Crippen LogP contribution in [0, 0.1) is 5.41 Å². The smallest absolute Gasteiger partial charge is 0.228 e. The SMILES string of the molecule is CCC1CCCCN1C(=O)C(C)(C)CC. The Morgan fingerprint density at radius 3 is 2.53 bits per heavy atom. The van der Waals surface area contributed by atoms with Crippen molar-refractivity contribution in [3.05, 3.63) is 0 Å². The Labute approximate surface area is 94.0 Å². The van der Waals surface area contributed by atoms with Crippen LogP contribution >= 0.6 is 0 Å². The lowest BCUT2D eigenvalue weighted by Crippen LogP contribution is -2.48. The molecule has 88 valence electrons. The number of nitrogens with zero attached hydrogens (tertiary/aromatic N) is 1. The molecule has 0 aliphatic carbocycles. The van der Waals surface area contributed by atoms with E-state index in [9.17, 15) is 4.79 Å². The minimum Gasteiger partial charge on any atom is -0.339 e. The molecule has 1 heterocycles. The van der Waals surface area contributed by atoms with Crippen molar-refractivity contribution in [2.24, 2.45) is 5.41 Å². The van der Waals surface area contributed by atoms with E-state index in [1.165, 1.54) is 19.3 Å². The van der Waals surface area contributed by atoms with Gasteiger partial charge in [0.15, 0.2) is 0 Å². The fraction of sp³-hybridized carbons (Fsp3) is 0.923. The minimum absolute atomic E-state index is 0.176. The van der Waals surface area contributed by atoms with Gasteiger partial charge in [0.2, 0.25) is 5.91 Å². The summed E-state index contributed by atoms with van der Waals surface area (Å²) in [6, 6.07) is 0.497. The number of amides is 1. The van der Waals surface area contributed by atoms with E-state index in [1.54, 1.807) is 0 Å². The highest BCUT2D eigenvalue weighted by molar-refractivity contribution is 5.82. The van der Waals surface area contributed by atoms with E-state index < -0.39 is 0 Å². The monoisotopic (exact) mass is 211 g/mol. The summed E-state index contributed by atoms with van der Waals surface area (Å²) in [4.78, 5) is 14.5. The van der Waals surface area contributed by atoms with Crippen molar-refractivity contribution in [1.29, 1.82) is 0 Å². The lowest BCUT2D eigenvalue weighted by Gasteiger charge is -2.39. The van der Waals surface area contributed by atoms with Crippen LogP contribution in [0.1, 0.15) is 59.8 Å². The van der Waals surface area contributed by atoms with Gasteiger partial charge in [-0.15, -0.1) is 0 Å². The lowest BCUT2D eigenvalue weighted by atomic mass is 9.86. The summed E-state index contributed by atoms with van der Waals surface area (Å²) in [6.07, 6.45) is 5.70. The Bertz CT molecular complexity index is 223. The number of piperidine rings is 1. The van der Waals surface area contributed by atoms with Gasteiger partial charge in [0.05, 0.1) is 0 Å². The number of likely N-dealkylation sites (tertiary alicyclic amines) is 1. The second-order valence-electron chi connectivity index (χ2n) is 5.29. The average molecular weight is 211 g/mol. The molecular weight excluding hydrogens is 186 g/mol. The predicted octanol–water partition coefficient (Wildman–Crippen LogP) is 3.21. The fourth-order valence-electron chi connectivity index (χ4n) is 2.23. The molecule has 1 amide bonds. The Kier molecular flexibility index (Phi) is 4.18. The molecule has 0 aromatic rings. The molecule has 0 N–H and O–H groups in total. The van der Waals surface area contributed by atoms with Crippen LogP contribution in [0.25, 0.3) is 0 Å². The molecule has 1 unspecified atom stereocenters. The van der Waals surface area contributed by atoms with Gasteiger partial charge in [-0.3, -0.25) is 4.79 Å². The standard InChI is InChI=1S/C13H25NO/c1-5-11-9-7-8-10-14(11)12(15)13(3,4)6-2/h11H,5-10H2,1-4H3. The molecule has 0 bridgehead atoms. The Morgan fingerprint density at radius 2 is 2.00 bits per heavy atom. The lowest BCUT2D eigenvalue weighted by molar-refractivity contribution is -0.144. The molecule has 1 atom stereocenters. The molecule has 1 aliphatic rings. The summed E-state index contributed by atoms with van der Waals surface area (Å²) < 4.78 is 0. The molecule has 0 aromatic carbocycles. The van der Waals surface area contributed by atoms with Crippen LogP contribution in [0.4, 0.5) is 0 Å². The predicted molar refractivity (Wildman–Crippen MR) is 63.7 cm³/mol. The van der Waals surface area contributed by atoms with E-state index in [-0.39, 0.29) is 5.41 Å². The maximum atomic E-state index is 12.3. The molecule has 0 spiro atoms. The second kappa shape index (κ2) is 5.00. The van der Waals surface area contributed by atoms with E-state index >= 15 is 0 Å². The maximum Gasteiger partial charge on any atom is 0.228 e. The van der Waals surface area contributed by atoms with Crippen molar-refractivity contribution in [3.8, 4) is 0 Å². The van der Waals surface area contributed by atoms with Gasteiger partial charge in [-0.2, -0.15) is 0 Å². The van der Waals surface area contributed by atoms with E-state index in [0.29, 0.717) is 11.9 Å². The summed E-state index contributed by atoms with van der Waals surface area (Å²) in [5, 5.41) is 0. The van der Waals surface area contributed by atoms with Gasteiger partial charge in [0.25, 0.3) is 0 Å². The molecule has 0 aromatic heterocycles. The van der Waals surface area contributed by atoms with Crippen molar-refractivity contribution in [2.75, 3.05) is 6.54 Å². The molecule has 15 heavy (non-hydrogen) atoms. The summed E-state index contributed by atoms with van der Waals surface area (Å²) >= 11 is 0. The third kappa shape index (κ3) is 2.73. The quantitative estimate of drug-likeness (QED) is 0.702. The topological polar surface area (TPSA) is 20.3 Å².